The lowest BCUT2D eigenvalue weighted by Gasteiger charge is -2.01. The van der Waals surface area contributed by atoms with Crippen molar-refractivity contribution in [3.8, 4) is 0 Å². The molecule has 0 amide bonds. The van der Waals surface area contributed by atoms with Crippen molar-refractivity contribution in [1.29, 1.82) is 0 Å². The van der Waals surface area contributed by atoms with E-state index >= 15 is 0 Å². The summed E-state index contributed by atoms with van der Waals surface area (Å²) in [5.74, 6) is 0. The summed E-state index contributed by atoms with van der Waals surface area (Å²) < 4.78 is 0. The standard InChI is InChI=1S/C10H12S/c1-2-9(8-11)10-6-4-3-5-7-10/h3-8,11H,2H2,1H3. The predicted molar refractivity (Wildman–Crippen MR) is 53.7 cm³/mol. The molecule has 0 unspecified atom stereocenters. The highest BCUT2D eigenvalue weighted by molar-refractivity contribution is 7.83. The SMILES string of the molecule is CCC(=CS)c1ccccc1. The van der Waals surface area contributed by atoms with E-state index in [1.807, 2.05) is 23.6 Å². The second-order valence-corrected chi connectivity index (χ2v) is 2.63. The topological polar surface area (TPSA) is 0 Å². The number of hydrogen-bond donors (Lipinski definition) is 1. The minimum atomic E-state index is 1.04. The fourth-order valence-corrected chi connectivity index (χ4v) is 1.35. The van der Waals surface area contributed by atoms with Crippen molar-refractivity contribution < 1.29 is 0 Å². The highest BCUT2D eigenvalue weighted by Gasteiger charge is 1.94. The lowest BCUT2D eigenvalue weighted by molar-refractivity contribution is 1.24. The van der Waals surface area contributed by atoms with E-state index in [9.17, 15) is 0 Å². The molecule has 0 spiro atoms. The summed E-state index contributed by atoms with van der Waals surface area (Å²) in [6, 6.07) is 10.3. The molecule has 0 saturated carbocycles. The van der Waals surface area contributed by atoms with Gasteiger partial charge in [0.25, 0.3) is 0 Å². The van der Waals surface area contributed by atoms with E-state index in [-0.39, 0.29) is 0 Å². The molecule has 1 aromatic carbocycles. The van der Waals surface area contributed by atoms with Crippen LogP contribution in [-0.2, 0) is 0 Å². The Bertz CT molecular complexity index is 236. The van der Waals surface area contributed by atoms with Gasteiger partial charge in [0.1, 0.15) is 0 Å². The zero-order valence-electron chi connectivity index (χ0n) is 6.62. The molecule has 0 aliphatic heterocycles. The lowest BCUT2D eigenvalue weighted by Crippen LogP contribution is -1.79. The molecule has 0 aliphatic carbocycles. The number of thiol groups is 1. The molecule has 0 aliphatic rings. The lowest BCUT2D eigenvalue weighted by atomic mass is 10.1. The van der Waals surface area contributed by atoms with E-state index in [0.717, 1.165) is 6.42 Å². The van der Waals surface area contributed by atoms with Gasteiger partial charge in [-0.1, -0.05) is 37.3 Å². The molecular formula is C10H12S. The molecule has 0 nitrogen and oxygen atoms in total. The summed E-state index contributed by atoms with van der Waals surface area (Å²) in [5.41, 5.74) is 2.55. The molecule has 11 heavy (non-hydrogen) atoms. The van der Waals surface area contributed by atoms with Crippen LogP contribution >= 0.6 is 12.6 Å². The Morgan fingerprint density at radius 3 is 2.45 bits per heavy atom. The zero-order valence-corrected chi connectivity index (χ0v) is 7.51. The minimum Gasteiger partial charge on any atom is -0.151 e. The van der Waals surface area contributed by atoms with E-state index in [1.165, 1.54) is 11.1 Å². The summed E-state index contributed by atoms with van der Waals surface area (Å²) in [7, 11) is 0. The maximum absolute atomic E-state index is 4.14. The van der Waals surface area contributed by atoms with Gasteiger partial charge in [-0.05, 0) is 23.0 Å². The fourth-order valence-electron chi connectivity index (χ4n) is 1.02. The fraction of sp³-hybridized carbons (Fsp3) is 0.200. The molecule has 0 N–H and O–H groups in total. The Kier molecular flexibility index (Phi) is 3.24. The number of hydrogen-bond acceptors (Lipinski definition) is 1. The van der Waals surface area contributed by atoms with Crippen LogP contribution in [0.15, 0.2) is 35.7 Å². The van der Waals surface area contributed by atoms with Gasteiger partial charge in [0.2, 0.25) is 0 Å². The average molecular weight is 164 g/mol. The summed E-state index contributed by atoms with van der Waals surface area (Å²) in [6.45, 7) is 2.13. The van der Waals surface area contributed by atoms with Crippen molar-refractivity contribution >= 4 is 18.2 Å². The van der Waals surface area contributed by atoms with Crippen LogP contribution in [0.2, 0.25) is 0 Å². The van der Waals surface area contributed by atoms with Gasteiger partial charge in [0.05, 0.1) is 0 Å². The van der Waals surface area contributed by atoms with Crippen LogP contribution in [0.1, 0.15) is 18.9 Å². The quantitative estimate of drug-likeness (QED) is 0.636. The van der Waals surface area contributed by atoms with Crippen LogP contribution < -0.4 is 0 Å². The third-order valence-electron chi connectivity index (χ3n) is 1.68. The van der Waals surface area contributed by atoms with Gasteiger partial charge in [0.15, 0.2) is 0 Å². The average Bonchev–Trinajstić information content (AvgIpc) is 2.09. The molecule has 1 heteroatoms. The predicted octanol–water partition coefficient (Wildman–Crippen LogP) is 3.37. The molecule has 0 fully saturated rings. The van der Waals surface area contributed by atoms with Crippen LogP contribution in [0.4, 0.5) is 0 Å². The Morgan fingerprint density at radius 1 is 1.36 bits per heavy atom. The first-order valence-corrected chi connectivity index (χ1v) is 4.28. The molecular weight excluding hydrogens is 152 g/mol. The second-order valence-electron chi connectivity index (χ2n) is 2.37. The van der Waals surface area contributed by atoms with Crippen LogP contribution in [0.3, 0.4) is 0 Å². The van der Waals surface area contributed by atoms with Gasteiger partial charge in [-0.15, -0.1) is 0 Å². The van der Waals surface area contributed by atoms with Crippen LogP contribution in [0, 0.1) is 0 Å². The van der Waals surface area contributed by atoms with Crippen LogP contribution in [-0.4, -0.2) is 0 Å². The van der Waals surface area contributed by atoms with E-state index in [4.69, 9.17) is 0 Å². The highest BCUT2D eigenvalue weighted by atomic mass is 32.1. The van der Waals surface area contributed by atoms with E-state index in [2.05, 4.69) is 31.7 Å². The Morgan fingerprint density at radius 2 is 2.00 bits per heavy atom. The van der Waals surface area contributed by atoms with Gasteiger partial charge in [-0.2, -0.15) is 12.6 Å². The molecule has 58 valence electrons. The number of benzene rings is 1. The molecule has 1 aromatic rings. The summed E-state index contributed by atoms with van der Waals surface area (Å²) in [6.07, 6.45) is 1.04. The summed E-state index contributed by atoms with van der Waals surface area (Å²) >= 11 is 4.14. The highest BCUT2D eigenvalue weighted by Crippen LogP contribution is 2.17. The largest absolute Gasteiger partial charge is 0.151 e. The molecule has 0 aromatic heterocycles. The Balaban J connectivity index is 2.92. The molecule has 0 radical (unpaired) electrons. The molecule has 1 rings (SSSR count). The first kappa shape index (κ1) is 8.41. The van der Waals surface area contributed by atoms with Gasteiger partial charge in [-0.3, -0.25) is 0 Å². The molecule has 0 saturated heterocycles. The summed E-state index contributed by atoms with van der Waals surface area (Å²) in [5, 5.41) is 1.87. The smallest absolute Gasteiger partial charge is 0.0220 e. The van der Waals surface area contributed by atoms with Crippen molar-refractivity contribution in [1.82, 2.24) is 0 Å². The van der Waals surface area contributed by atoms with Crippen molar-refractivity contribution in [3.05, 3.63) is 41.3 Å². The van der Waals surface area contributed by atoms with Crippen molar-refractivity contribution in [2.75, 3.05) is 0 Å². The van der Waals surface area contributed by atoms with Gasteiger partial charge < -0.3 is 0 Å². The third kappa shape index (κ3) is 2.12. The maximum Gasteiger partial charge on any atom is -0.0220 e. The Labute approximate surface area is 73.4 Å². The van der Waals surface area contributed by atoms with Crippen molar-refractivity contribution in [2.45, 2.75) is 13.3 Å². The van der Waals surface area contributed by atoms with Gasteiger partial charge in [0, 0.05) is 0 Å². The minimum absolute atomic E-state index is 1.04. The first-order chi connectivity index (χ1) is 5.38. The molecule has 0 atom stereocenters. The number of allylic oxidation sites excluding steroid dienone is 1. The number of rotatable bonds is 2. The van der Waals surface area contributed by atoms with Crippen LogP contribution in [0.25, 0.3) is 5.57 Å². The van der Waals surface area contributed by atoms with E-state index in [0.29, 0.717) is 0 Å². The molecule has 0 heterocycles. The third-order valence-corrected chi connectivity index (χ3v) is 1.99. The van der Waals surface area contributed by atoms with Crippen molar-refractivity contribution in [2.24, 2.45) is 0 Å². The van der Waals surface area contributed by atoms with Gasteiger partial charge in [-0.25, -0.2) is 0 Å². The van der Waals surface area contributed by atoms with Crippen LogP contribution in [0.5, 0.6) is 0 Å². The van der Waals surface area contributed by atoms with Crippen molar-refractivity contribution in [3.63, 3.8) is 0 Å². The monoisotopic (exact) mass is 164 g/mol. The summed E-state index contributed by atoms with van der Waals surface area (Å²) in [4.78, 5) is 0. The first-order valence-electron chi connectivity index (χ1n) is 3.77. The molecule has 0 bridgehead atoms. The Hall–Kier alpha value is -0.690. The van der Waals surface area contributed by atoms with E-state index < -0.39 is 0 Å². The van der Waals surface area contributed by atoms with Gasteiger partial charge >= 0.3 is 0 Å². The normalized spacial score (nSPS) is 11.6. The second kappa shape index (κ2) is 4.24. The maximum atomic E-state index is 4.14. The zero-order chi connectivity index (χ0) is 8.10. The van der Waals surface area contributed by atoms with E-state index in [1.54, 1.807) is 0 Å².